The number of aliphatic hydroxyl groups is 1. The number of hydrogen-bond acceptors (Lipinski definition) is 4. The van der Waals surface area contributed by atoms with Gasteiger partial charge in [0.1, 0.15) is 0 Å². The summed E-state index contributed by atoms with van der Waals surface area (Å²) >= 11 is 0. The lowest BCUT2D eigenvalue weighted by molar-refractivity contribution is -0.136. The number of aliphatic hydroxyl groups excluding tert-OH is 1. The zero-order chi connectivity index (χ0) is 14.3. The summed E-state index contributed by atoms with van der Waals surface area (Å²) in [4.78, 5) is 26.8. The molecule has 1 aliphatic heterocycles. The van der Waals surface area contributed by atoms with Crippen molar-refractivity contribution in [2.45, 2.75) is 32.3 Å². The second kappa shape index (κ2) is 8.12. The molecule has 1 fully saturated rings. The largest absolute Gasteiger partial charge is 0.392 e. The first kappa shape index (κ1) is 15.9. The molecule has 0 aromatic rings. The van der Waals surface area contributed by atoms with Gasteiger partial charge in [0.25, 0.3) is 0 Å². The molecule has 6 nitrogen and oxygen atoms in total. The van der Waals surface area contributed by atoms with Crippen LogP contribution in [-0.2, 0) is 9.59 Å². The minimum Gasteiger partial charge on any atom is -0.392 e. The molecule has 2 amide bonds. The van der Waals surface area contributed by atoms with Crippen molar-refractivity contribution >= 4 is 11.8 Å². The van der Waals surface area contributed by atoms with Crippen LogP contribution >= 0.6 is 0 Å². The summed E-state index contributed by atoms with van der Waals surface area (Å²) in [6.07, 6.45) is 2.27. The number of nitrogens with zero attached hydrogens (tertiary/aromatic N) is 2. The Morgan fingerprint density at radius 1 is 1.47 bits per heavy atom. The SMILES string of the molecule is CCCNC(=O)CN(C)C(=O)CN1CCC[C@H](O)C1. The fraction of sp³-hybridized carbons (Fsp3) is 0.846. The van der Waals surface area contributed by atoms with E-state index in [0.29, 0.717) is 13.1 Å². The second-order valence-corrected chi connectivity index (χ2v) is 5.13. The van der Waals surface area contributed by atoms with Crippen LogP contribution in [0.4, 0.5) is 0 Å². The van der Waals surface area contributed by atoms with Gasteiger partial charge < -0.3 is 15.3 Å². The predicted octanol–water partition coefficient (Wildman–Crippen LogP) is -0.572. The minimum absolute atomic E-state index is 0.0826. The van der Waals surface area contributed by atoms with Crippen molar-refractivity contribution in [3.8, 4) is 0 Å². The van der Waals surface area contributed by atoms with E-state index in [1.165, 1.54) is 4.90 Å². The van der Waals surface area contributed by atoms with Gasteiger partial charge in [-0.3, -0.25) is 14.5 Å². The fourth-order valence-electron chi connectivity index (χ4n) is 2.11. The molecule has 1 heterocycles. The van der Waals surface area contributed by atoms with Gasteiger partial charge in [-0.15, -0.1) is 0 Å². The number of likely N-dealkylation sites (tertiary alicyclic amines) is 1. The molecule has 6 heteroatoms. The van der Waals surface area contributed by atoms with Crippen LogP contribution < -0.4 is 5.32 Å². The Hall–Kier alpha value is -1.14. The van der Waals surface area contributed by atoms with E-state index in [2.05, 4.69) is 5.32 Å². The summed E-state index contributed by atoms with van der Waals surface area (Å²) in [6, 6.07) is 0. The third-order valence-corrected chi connectivity index (χ3v) is 3.22. The van der Waals surface area contributed by atoms with E-state index in [0.717, 1.165) is 25.8 Å². The molecule has 1 saturated heterocycles. The Bertz CT molecular complexity index is 310. The van der Waals surface area contributed by atoms with Crippen LogP contribution in [0.25, 0.3) is 0 Å². The predicted molar refractivity (Wildman–Crippen MR) is 72.6 cm³/mol. The molecule has 0 saturated carbocycles. The number of hydrogen-bond donors (Lipinski definition) is 2. The first-order valence-corrected chi connectivity index (χ1v) is 6.94. The summed E-state index contributed by atoms with van der Waals surface area (Å²) in [7, 11) is 1.63. The summed E-state index contributed by atoms with van der Waals surface area (Å²) in [5, 5.41) is 12.3. The lowest BCUT2D eigenvalue weighted by Gasteiger charge is -2.30. The molecule has 0 spiro atoms. The highest BCUT2D eigenvalue weighted by molar-refractivity contribution is 5.85. The Balaban J connectivity index is 2.29. The van der Waals surface area contributed by atoms with Crippen LogP contribution in [0.1, 0.15) is 26.2 Å². The fourth-order valence-corrected chi connectivity index (χ4v) is 2.11. The van der Waals surface area contributed by atoms with Gasteiger partial charge in [-0.1, -0.05) is 6.92 Å². The van der Waals surface area contributed by atoms with Gasteiger partial charge in [0.2, 0.25) is 11.8 Å². The average molecular weight is 271 g/mol. The highest BCUT2D eigenvalue weighted by Gasteiger charge is 2.21. The quantitative estimate of drug-likeness (QED) is 0.678. The number of carbonyl (C=O) groups is 2. The lowest BCUT2D eigenvalue weighted by atomic mass is 10.1. The van der Waals surface area contributed by atoms with Gasteiger partial charge in [-0.05, 0) is 25.8 Å². The van der Waals surface area contributed by atoms with E-state index in [9.17, 15) is 14.7 Å². The number of nitrogens with one attached hydrogen (secondary N) is 1. The summed E-state index contributed by atoms with van der Waals surface area (Å²) in [5.41, 5.74) is 0. The van der Waals surface area contributed by atoms with Crippen molar-refractivity contribution in [1.82, 2.24) is 15.1 Å². The minimum atomic E-state index is -0.334. The summed E-state index contributed by atoms with van der Waals surface area (Å²) < 4.78 is 0. The zero-order valence-electron chi connectivity index (χ0n) is 11.9. The highest BCUT2D eigenvalue weighted by atomic mass is 16.3. The standard InChI is InChI=1S/C13H25N3O3/c1-3-6-14-12(18)9-15(2)13(19)10-16-7-4-5-11(17)8-16/h11,17H,3-10H2,1-2H3,(H,14,18)/t11-/m0/s1. The van der Waals surface area contributed by atoms with Crippen molar-refractivity contribution in [1.29, 1.82) is 0 Å². The second-order valence-electron chi connectivity index (χ2n) is 5.13. The van der Waals surface area contributed by atoms with Crippen molar-refractivity contribution in [2.75, 3.05) is 39.8 Å². The third kappa shape index (κ3) is 6.02. The van der Waals surface area contributed by atoms with Gasteiger partial charge in [-0.25, -0.2) is 0 Å². The monoisotopic (exact) mass is 271 g/mol. The molecule has 0 radical (unpaired) electrons. The molecular formula is C13H25N3O3. The number of carbonyl (C=O) groups excluding carboxylic acids is 2. The molecule has 1 atom stereocenters. The van der Waals surface area contributed by atoms with E-state index in [1.54, 1.807) is 7.05 Å². The molecule has 0 aliphatic carbocycles. The molecule has 0 unspecified atom stereocenters. The molecule has 1 aliphatic rings. The van der Waals surface area contributed by atoms with Gasteiger partial charge >= 0.3 is 0 Å². The van der Waals surface area contributed by atoms with Crippen LogP contribution in [-0.4, -0.2) is 72.6 Å². The van der Waals surface area contributed by atoms with Crippen molar-refractivity contribution in [3.63, 3.8) is 0 Å². The number of likely N-dealkylation sites (N-methyl/N-ethyl adjacent to an activating group) is 1. The third-order valence-electron chi connectivity index (χ3n) is 3.22. The normalized spacial score (nSPS) is 20.1. The number of β-amino-alcohol motifs (C(OH)–C–C–N with tert-alkyl or cyclic N) is 1. The first-order chi connectivity index (χ1) is 9.02. The van der Waals surface area contributed by atoms with Gasteiger partial charge in [0, 0.05) is 20.1 Å². The van der Waals surface area contributed by atoms with Crippen LogP contribution in [0.15, 0.2) is 0 Å². The van der Waals surface area contributed by atoms with Crippen molar-refractivity contribution < 1.29 is 14.7 Å². The Kier molecular flexibility index (Phi) is 6.80. The van der Waals surface area contributed by atoms with Crippen LogP contribution in [0.2, 0.25) is 0 Å². The summed E-state index contributed by atoms with van der Waals surface area (Å²) in [5.74, 6) is -0.211. The maximum atomic E-state index is 11.9. The Labute approximate surface area is 114 Å². The van der Waals surface area contributed by atoms with Crippen LogP contribution in [0.3, 0.4) is 0 Å². The number of piperidine rings is 1. The molecule has 0 bridgehead atoms. The van der Waals surface area contributed by atoms with E-state index in [1.807, 2.05) is 11.8 Å². The highest BCUT2D eigenvalue weighted by Crippen LogP contribution is 2.09. The molecule has 110 valence electrons. The average Bonchev–Trinajstić information content (AvgIpc) is 2.36. The van der Waals surface area contributed by atoms with Crippen LogP contribution in [0.5, 0.6) is 0 Å². The van der Waals surface area contributed by atoms with Crippen molar-refractivity contribution in [2.24, 2.45) is 0 Å². The zero-order valence-corrected chi connectivity index (χ0v) is 11.9. The summed E-state index contributed by atoms with van der Waals surface area (Å²) in [6.45, 7) is 4.36. The maximum absolute atomic E-state index is 11.9. The number of rotatable bonds is 6. The maximum Gasteiger partial charge on any atom is 0.239 e. The molecular weight excluding hydrogens is 246 g/mol. The van der Waals surface area contributed by atoms with E-state index < -0.39 is 0 Å². The first-order valence-electron chi connectivity index (χ1n) is 6.94. The molecule has 19 heavy (non-hydrogen) atoms. The molecule has 0 aromatic carbocycles. The van der Waals surface area contributed by atoms with Gasteiger partial charge in [0.15, 0.2) is 0 Å². The number of amides is 2. The topological polar surface area (TPSA) is 72.9 Å². The lowest BCUT2D eigenvalue weighted by Crippen LogP contribution is -2.46. The Morgan fingerprint density at radius 2 is 2.21 bits per heavy atom. The van der Waals surface area contributed by atoms with E-state index in [-0.39, 0.29) is 31.0 Å². The van der Waals surface area contributed by atoms with Gasteiger partial charge in [-0.2, -0.15) is 0 Å². The smallest absolute Gasteiger partial charge is 0.239 e. The van der Waals surface area contributed by atoms with Crippen molar-refractivity contribution in [3.05, 3.63) is 0 Å². The molecule has 0 aromatic heterocycles. The Morgan fingerprint density at radius 3 is 2.84 bits per heavy atom. The van der Waals surface area contributed by atoms with E-state index >= 15 is 0 Å². The molecule has 1 rings (SSSR count). The van der Waals surface area contributed by atoms with E-state index in [4.69, 9.17) is 0 Å². The van der Waals surface area contributed by atoms with Crippen LogP contribution in [0, 0.1) is 0 Å². The molecule has 2 N–H and O–H groups in total. The van der Waals surface area contributed by atoms with Gasteiger partial charge in [0.05, 0.1) is 19.2 Å².